The van der Waals surface area contributed by atoms with Crippen molar-refractivity contribution in [3.8, 4) is 0 Å². The van der Waals surface area contributed by atoms with E-state index in [1.54, 1.807) is 0 Å². The molecule has 0 bridgehead atoms. The van der Waals surface area contributed by atoms with Crippen molar-refractivity contribution in [3.63, 3.8) is 0 Å². The van der Waals surface area contributed by atoms with Gasteiger partial charge in [-0.05, 0) is 39.0 Å². The Morgan fingerprint density at radius 3 is 2.60 bits per heavy atom. The van der Waals surface area contributed by atoms with Crippen LogP contribution in [0.2, 0.25) is 0 Å². The van der Waals surface area contributed by atoms with Gasteiger partial charge >= 0.3 is 6.03 Å². The van der Waals surface area contributed by atoms with Crippen LogP contribution in [0.15, 0.2) is 0 Å². The molecule has 0 unspecified atom stereocenters. The van der Waals surface area contributed by atoms with Crippen LogP contribution >= 0.6 is 0 Å². The van der Waals surface area contributed by atoms with Crippen LogP contribution in [0.25, 0.3) is 0 Å². The molecule has 0 saturated heterocycles. The van der Waals surface area contributed by atoms with Crippen molar-refractivity contribution >= 4 is 6.03 Å². The molecule has 2 atom stereocenters. The third kappa shape index (κ3) is 2.31. The van der Waals surface area contributed by atoms with Gasteiger partial charge in [0.25, 0.3) is 0 Å². The Morgan fingerprint density at radius 2 is 2.10 bits per heavy atom. The Kier molecular flexibility index (Phi) is 3.67. The maximum absolute atomic E-state index is 12.0. The Hall–Kier alpha value is -0.810. The fourth-order valence-electron chi connectivity index (χ4n) is 3.69. The number of carbonyl (C=O) groups is 1. The standard InChI is InChI=1S/C15H26N2O3/c1-2-20-12-8-11(15(12)4-3-5-15)17-13(19)16-9-14(10-18)6-7-14/h11-12,18H,2-10H2,1H3,(H2,16,17,19)/t11-,12-/m1/s1. The summed E-state index contributed by atoms with van der Waals surface area (Å²) in [7, 11) is 0. The van der Waals surface area contributed by atoms with Gasteiger partial charge in [-0.2, -0.15) is 0 Å². The maximum atomic E-state index is 12.0. The first-order chi connectivity index (χ1) is 9.64. The second kappa shape index (κ2) is 5.19. The highest BCUT2D eigenvalue weighted by atomic mass is 16.5. The van der Waals surface area contributed by atoms with Crippen LogP contribution in [-0.4, -0.2) is 43.0 Å². The number of rotatable bonds is 6. The third-order valence-corrected chi connectivity index (χ3v) is 5.66. The summed E-state index contributed by atoms with van der Waals surface area (Å²) in [6.07, 6.45) is 6.89. The normalized spacial score (nSPS) is 32.1. The van der Waals surface area contributed by atoms with Crippen molar-refractivity contribution in [2.75, 3.05) is 19.8 Å². The van der Waals surface area contributed by atoms with Crippen LogP contribution in [0.3, 0.4) is 0 Å². The molecule has 3 aliphatic carbocycles. The summed E-state index contributed by atoms with van der Waals surface area (Å²) in [6.45, 7) is 3.55. The van der Waals surface area contributed by atoms with Crippen LogP contribution in [-0.2, 0) is 4.74 Å². The number of nitrogens with one attached hydrogen (secondary N) is 2. The quantitative estimate of drug-likeness (QED) is 0.690. The van der Waals surface area contributed by atoms with E-state index in [1.165, 1.54) is 19.3 Å². The molecule has 1 spiro atoms. The Bertz CT molecular complexity index is 377. The topological polar surface area (TPSA) is 70.6 Å². The Balaban J connectivity index is 1.45. The first-order valence-electron chi connectivity index (χ1n) is 7.91. The summed E-state index contributed by atoms with van der Waals surface area (Å²) in [4.78, 5) is 12.0. The highest BCUT2D eigenvalue weighted by Crippen LogP contribution is 2.57. The van der Waals surface area contributed by atoms with Crippen LogP contribution in [0, 0.1) is 10.8 Å². The molecule has 5 nitrogen and oxygen atoms in total. The van der Waals surface area contributed by atoms with E-state index >= 15 is 0 Å². The van der Waals surface area contributed by atoms with Crippen molar-refractivity contribution in [2.45, 2.75) is 57.6 Å². The van der Waals surface area contributed by atoms with Gasteiger partial charge in [-0.25, -0.2) is 4.79 Å². The molecule has 0 aromatic carbocycles. The Labute approximate surface area is 120 Å². The van der Waals surface area contributed by atoms with Gasteiger partial charge in [-0.1, -0.05) is 6.42 Å². The van der Waals surface area contributed by atoms with Crippen molar-refractivity contribution in [3.05, 3.63) is 0 Å². The molecule has 0 radical (unpaired) electrons. The summed E-state index contributed by atoms with van der Waals surface area (Å²) in [6, 6.07) is 0.174. The van der Waals surface area contributed by atoms with E-state index in [2.05, 4.69) is 10.6 Å². The van der Waals surface area contributed by atoms with Crippen LogP contribution in [0.4, 0.5) is 4.79 Å². The lowest BCUT2D eigenvalue weighted by Gasteiger charge is -2.60. The maximum Gasteiger partial charge on any atom is 0.315 e. The second-order valence-electron chi connectivity index (χ2n) is 6.80. The molecule has 5 heteroatoms. The molecule has 3 aliphatic rings. The van der Waals surface area contributed by atoms with E-state index in [0.717, 1.165) is 25.9 Å². The molecular formula is C15H26N2O3. The number of urea groups is 1. The number of carbonyl (C=O) groups excluding carboxylic acids is 1. The molecule has 3 fully saturated rings. The minimum Gasteiger partial charge on any atom is -0.396 e. The largest absolute Gasteiger partial charge is 0.396 e. The number of hydrogen-bond donors (Lipinski definition) is 3. The summed E-state index contributed by atoms with van der Waals surface area (Å²) in [5.74, 6) is 0. The fraction of sp³-hybridized carbons (Fsp3) is 0.933. The predicted octanol–water partition coefficient (Wildman–Crippen LogP) is 1.41. The van der Waals surface area contributed by atoms with Crippen molar-refractivity contribution in [1.82, 2.24) is 10.6 Å². The fourth-order valence-corrected chi connectivity index (χ4v) is 3.69. The average Bonchev–Trinajstić information content (AvgIpc) is 3.14. The highest BCUT2D eigenvalue weighted by Gasteiger charge is 2.59. The van der Waals surface area contributed by atoms with E-state index in [4.69, 9.17) is 4.74 Å². The zero-order valence-corrected chi connectivity index (χ0v) is 12.3. The second-order valence-corrected chi connectivity index (χ2v) is 6.80. The van der Waals surface area contributed by atoms with Gasteiger partial charge in [-0.3, -0.25) is 0 Å². The van der Waals surface area contributed by atoms with Gasteiger partial charge < -0.3 is 20.5 Å². The molecule has 3 saturated carbocycles. The number of hydrogen-bond acceptors (Lipinski definition) is 3. The first kappa shape index (κ1) is 14.1. The van der Waals surface area contributed by atoms with Gasteiger partial charge in [0.2, 0.25) is 0 Å². The molecule has 3 N–H and O–H groups in total. The SMILES string of the molecule is CCO[C@@H]1C[C@@H](NC(=O)NCC2(CO)CC2)C12CCC2. The summed E-state index contributed by atoms with van der Waals surface area (Å²) in [5, 5.41) is 15.3. The minimum atomic E-state index is -0.0871. The molecule has 3 rings (SSSR count). The van der Waals surface area contributed by atoms with E-state index in [1.807, 2.05) is 6.92 Å². The molecule has 114 valence electrons. The van der Waals surface area contributed by atoms with E-state index in [9.17, 15) is 9.90 Å². The predicted molar refractivity (Wildman–Crippen MR) is 75.4 cm³/mol. The molecule has 0 aromatic rings. The van der Waals surface area contributed by atoms with Gasteiger partial charge in [0.1, 0.15) is 0 Å². The number of ether oxygens (including phenoxy) is 1. The molecule has 0 aliphatic heterocycles. The van der Waals surface area contributed by atoms with Crippen LogP contribution in [0.1, 0.15) is 45.4 Å². The zero-order chi connectivity index (χ0) is 14.2. The molecule has 0 heterocycles. The lowest BCUT2D eigenvalue weighted by Crippen LogP contribution is -2.68. The van der Waals surface area contributed by atoms with Crippen LogP contribution < -0.4 is 10.6 Å². The lowest BCUT2D eigenvalue weighted by molar-refractivity contribution is -0.169. The van der Waals surface area contributed by atoms with Crippen molar-refractivity contribution in [1.29, 1.82) is 0 Å². The Morgan fingerprint density at radius 1 is 1.35 bits per heavy atom. The van der Waals surface area contributed by atoms with Gasteiger partial charge in [0, 0.05) is 30.0 Å². The molecule has 20 heavy (non-hydrogen) atoms. The minimum absolute atomic E-state index is 0.0288. The number of aliphatic hydroxyl groups is 1. The molecule has 0 aromatic heterocycles. The van der Waals surface area contributed by atoms with Gasteiger partial charge in [-0.15, -0.1) is 0 Å². The summed E-state index contributed by atoms with van der Waals surface area (Å²) in [5.41, 5.74) is 0.181. The van der Waals surface area contributed by atoms with Crippen LogP contribution in [0.5, 0.6) is 0 Å². The summed E-state index contributed by atoms with van der Waals surface area (Å²) < 4.78 is 5.78. The average molecular weight is 282 g/mol. The number of aliphatic hydroxyl groups excluding tert-OH is 1. The van der Waals surface area contributed by atoms with Gasteiger partial charge in [0.05, 0.1) is 12.7 Å². The molecule has 2 amide bonds. The monoisotopic (exact) mass is 282 g/mol. The third-order valence-electron chi connectivity index (χ3n) is 5.66. The van der Waals surface area contributed by atoms with E-state index in [-0.39, 0.29) is 29.5 Å². The van der Waals surface area contributed by atoms with Crippen molar-refractivity contribution < 1.29 is 14.6 Å². The lowest BCUT2D eigenvalue weighted by atomic mass is 9.51. The van der Waals surface area contributed by atoms with E-state index < -0.39 is 0 Å². The highest BCUT2D eigenvalue weighted by molar-refractivity contribution is 5.74. The first-order valence-corrected chi connectivity index (χ1v) is 7.91. The summed E-state index contributed by atoms with van der Waals surface area (Å²) >= 11 is 0. The zero-order valence-electron chi connectivity index (χ0n) is 12.3. The smallest absolute Gasteiger partial charge is 0.315 e. The van der Waals surface area contributed by atoms with Crippen molar-refractivity contribution in [2.24, 2.45) is 10.8 Å². The number of amides is 2. The van der Waals surface area contributed by atoms with Gasteiger partial charge in [0.15, 0.2) is 0 Å². The molecular weight excluding hydrogens is 256 g/mol. The van der Waals surface area contributed by atoms with E-state index in [0.29, 0.717) is 12.6 Å².